The van der Waals surface area contributed by atoms with E-state index in [4.69, 9.17) is 4.98 Å². The van der Waals surface area contributed by atoms with Crippen molar-refractivity contribution in [3.8, 4) is 10.6 Å². The summed E-state index contributed by atoms with van der Waals surface area (Å²) in [5.74, 6) is 0.314. The molecule has 2 aliphatic carbocycles. The monoisotopic (exact) mass is 441 g/mol. The molecule has 0 spiro atoms. The Morgan fingerprint density at radius 1 is 1.39 bits per heavy atom. The van der Waals surface area contributed by atoms with Gasteiger partial charge in [-0.3, -0.25) is 9.78 Å². The lowest BCUT2D eigenvalue weighted by Crippen LogP contribution is -2.53. The minimum absolute atomic E-state index is 0.00612. The predicted octanol–water partition coefficient (Wildman–Crippen LogP) is 4.76. The maximum atomic E-state index is 13.0. The van der Waals surface area contributed by atoms with Crippen molar-refractivity contribution in [3.63, 3.8) is 0 Å². The van der Waals surface area contributed by atoms with Gasteiger partial charge in [-0.2, -0.15) is 0 Å². The van der Waals surface area contributed by atoms with Crippen LogP contribution in [0.1, 0.15) is 63.9 Å². The number of aliphatic hydroxyl groups is 1. The van der Waals surface area contributed by atoms with E-state index >= 15 is 0 Å². The maximum Gasteiger partial charge on any atom is 0.225 e. The second kappa shape index (κ2) is 8.62. The lowest BCUT2D eigenvalue weighted by Gasteiger charge is -2.53. The fraction of sp³-hybridized carbons (Fsp3) is 0.640. The largest absolute Gasteiger partial charge is 0.392 e. The lowest BCUT2D eigenvalue weighted by atomic mass is 9.53. The molecule has 1 fully saturated rings. The zero-order valence-electron chi connectivity index (χ0n) is 19.3. The summed E-state index contributed by atoms with van der Waals surface area (Å²) < 4.78 is 0. The SMILES string of the molecule is CCN(CC)C(=O)[C@@H](C)[C@@H]1CC[C@]2(C)Cc3sc(-c4cccnc4)nc3[C@@H](C)[C@@H]2[C@H]1O. The molecule has 2 aromatic heterocycles. The van der Waals surface area contributed by atoms with Gasteiger partial charge < -0.3 is 10.0 Å². The normalized spacial score (nSPS) is 30.9. The zero-order valence-corrected chi connectivity index (χ0v) is 20.2. The standard InChI is InChI=1S/C25H35N3O2S/c1-6-28(7-2)24(30)15(3)18-10-11-25(5)13-19-21(16(4)20(25)22(18)29)27-23(31-19)17-9-8-12-26-14-17/h8-9,12,14-16,18,20,22,29H,6-7,10-11,13H2,1-5H3/t15-,16-,18-,20+,22-,25+/m0/s1. The first-order chi connectivity index (χ1) is 14.8. The summed E-state index contributed by atoms with van der Waals surface area (Å²) in [5.41, 5.74) is 2.23. The van der Waals surface area contributed by atoms with Gasteiger partial charge in [0.05, 0.1) is 11.8 Å². The molecule has 6 heteroatoms. The molecule has 4 rings (SSSR count). The van der Waals surface area contributed by atoms with Gasteiger partial charge in [0.2, 0.25) is 5.91 Å². The van der Waals surface area contributed by atoms with E-state index < -0.39 is 6.10 Å². The highest BCUT2D eigenvalue weighted by molar-refractivity contribution is 7.15. The third kappa shape index (κ3) is 3.82. The number of hydrogen-bond donors (Lipinski definition) is 1. The van der Waals surface area contributed by atoms with E-state index in [0.29, 0.717) is 0 Å². The minimum Gasteiger partial charge on any atom is -0.392 e. The predicted molar refractivity (Wildman–Crippen MR) is 125 cm³/mol. The summed E-state index contributed by atoms with van der Waals surface area (Å²) in [6, 6.07) is 4.00. The van der Waals surface area contributed by atoms with E-state index in [2.05, 4.69) is 24.9 Å². The van der Waals surface area contributed by atoms with Crippen molar-refractivity contribution < 1.29 is 9.90 Å². The van der Waals surface area contributed by atoms with E-state index in [0.717, 1.165) is 48.6 Å². The average Bonchev–Trinajstić information content (AvgIpc) is 3.18. The van der Waals surface area contributed by atoms with Crippen LogP contribution < -0.4 is 0 Å². The number of rotatable bonds is 5. The van der Waals surface area contributed by atoms with E-state index in [-0.39, 0.29) is 35.0 Å². The Morgan fingerprint density at radius 2 is 2.13 bits per heavy atom. The number of aliphatic hydroxyl groups excluding tert-OH is 1. The van der Waals surface area contributed by atoms with Gasteiger partial charge in [0, 0.05) is 47.8 Å². The number of carbonyl (C=O) groups is 1. The van der Waals surface area contributed by atoms with Crippen molar-refractivity contribution in [2.45, 2.75) is 65.9 Å². The fourth-order valence-electron chi connectivity index (χ4n) is 6.17. The smallest absolute Gasteiger partial charge is 0.225 e. The van der Waals surface area contributed by atoms with Crippen molar-refractivity contribution >= 4 is 17.2 Å². The van der Waals surface area contributed by atoms with Crippen LogP contribution in [0.4, 0.5) is 0 Å². The second-order valence-electron chi connectivity index (χ2n) is 9.71. The Bertz CT molecular complexity index is 926. The van der Waals surface area contributed by atoms with Crippen molar-refractivity contribution in [1.82, 2.24) is 14.9 Å². The molecule has 0 saturated heterocycles. The van der Waals surface area contributed by atoms with Crippen molar-refractivity contribution in [3.05, 3.63) is 35.1 Å². The van der Waals surface area contributed by atoms with Gasteiger partial charge in [-0.15, -0.1) is 11.3 Å². The average molecular weight is 442 g/mol. The van der Waals surface area contributed by atoms with Crippen molar-refractivity contribution in [1.29, 1.82) is 0 Å². The van der Waals surface area contributed by atoms with Crippen LogP contribution in [-0.4, -0.2) is 45.1 Å². The Kier molecular flexibility index (Phi) is 6.23. The molecule has 2 heterocycles. The summed E-state index contributed by atoms with van der Waals surface area (Å²) in [7, 11) is 0. The molecule has 1 N–H and O–H groups in total. The van der Waals surface area contributed by atoms with Gasteiger partial charge in [0.15, 0.2) is 0 Å². The molecule has 0 radical (unpaired) electrons. The summed E-state index contributed by atoms with van der Waals surface area (Å²) in [5, 5.41) is 12.6. The minimum atomic E-state index is -0.486. The zero-order chi connectivity index (χ0) is 22.3. The summed E-state index contributed by atoms with van der Waals surface area (Å²) >= 11 is 1.78. The third-order valence-corrected chi connectivity index (χ3v) is 9.06. The number of fused-ring (bicyclic) bond motifs is 2. The quantitative estimate of drug-likeness (QED) is 0.726. The molecule has 2 aromatic rings. The summed E-state index contributed by atoms with van der Waals surface area (Å²) in [6.45, 7) is 12.1. The first kappa shape index (κ1) is 22.4. The lowest BCUT2D eigenvalue weighted by molar-refractivity contribution is -0.144. The Morgan fingerprint density at radius 3 is 2.77 bits per heavy atom. The molecule has 0 aliphatic heterocycles. The van der Waals surface area contributed by atoms with Gasteiger partial charge in [0.25, 0.3) is 0 Å². The number of pyridine rings is 1. The Labute approximate surface area is 189 Å². The highest BCUT2D eigenvalue weighted by Gasteiger charge is 2.54. The number of aromatic nitrogens is 2. The van der Waals surface area contributed by atoms with Crippen LogP contribution in [0.3, 0.4) is 0 Å². The molecule has 31 heavy (non-hydrogen) atoms. The third-order valence-electron chi connectivity index (χ3n) is 7.94. The molecule has 1 saturated carbocycles. The number of thiazole rings is 1. The highest BCUT2D eigenvalue weighted by Crippen LogP contribution is 2.57. The van der Waals surface area contributed by atoms with Crippen LogP contribution in [0.25, 0.3) is 10.6 Å². The van der Waals surface area contributed by atoms with Crippen LogP contribution in [0.15, 0.2) is 24.5 Å². The molecule has 0 aromatic carbocycles. The number of carbonyl (C=O) groups excluding carboxylic acids is 1. The van der Waals surface area contributed by atoms with E-state index in [1.165, 1.54) is 4.88 Å². The van der Waals surface area contributed by atoms with E-state index in [1.54, 1.807) is 17.5 Å². The van der Waals surface area contributed by atoms with Gasteiger partial charge in [-0.25, -0.2) is 4.98 Å². The Hall–Kier alpha value is -1.79. The molecule has 2 aliphatic rings. The molecular formula is C25H35N3O2S. The van der Waals surface area contributed by atoms with Crippen LogP contribution >= 0.6 is 11.3 Å². The molecule has 0 bridgehead atoms. The molecule has 0 unspecified atom stereocenters. The van der Waals surface area contributed by atoms with Crippen molar-refractivity contribution in [2.24, 2.45) is 23.2 Å². The number of nitrogens with zero attached hydrogens (tertiary/aromatic N) is 3. The number of amides is 1. The molecule has 168 valence electrons. The fourth-order valence-corrected chi connectivity index (χ4v) is 7.52. The van der Waals surface area contributed by atoms with Gasteiger partial charge in [-0.1, -0.05) is 20.8 Å². The molecular weight excluding hydrogens is 406 g/mol. The van der Waals surface area contributed by atoms with Crippen LogP contribution in [0.2, 0.25) is 0 Å². The van der Waals surface area contributed by atoms with Crippen LogP contribution in [0.5, 0.6) is 0 Å². The molecule has 1 amide bonds. The first-order valence-corrected chi connectivity index (χ1v) is 12.5. The van der Waals surface area contributed by atoms with Gasteiger partial charge in [0.1, 0.15) is 5.01 Å². The van der Waals surface area contributed by atoms with Gasteiger partial charge in [-0.05, 0) is 62.5 Å². The van der Waals surface area contributed by atoms with Crippen LogP contribution in [0, 0.1) is 23.2 Å². The second-order valence-corrected chi connectivity index (χ2v) is 10.8. The molecule has 5 nitrogen and oxygen atoms in total. The number of hydrogen-bond acceptors (Lipinski definition) is 5. The summed E-state index contributed by atoms with van der Waals surface area (Å²) in [4.78, 5) is 25.5. The van der Waals surface area contributed by atoms with Crippen molar-refractivity contribution in [2.75, 3.05) is 13.1 Å². The highest BCUT2D eigenvalue weighted by atomic mass is 32.1. The Balaban J connectivity index is 1.62. The maximum absolute atomic E-state index is 13.0. The first-order valence-electron chi connectivity index (χ1n) is 11.7. The molecule has 6 atom stereocenters. The summed E-state index contributed by atoms with van der Waals surface area (Å²) in [6.07, 6.45) is 6.07. The van der Waals surface area contributed by atoms with Crippen LogP contribution in [-0.2, 0) is 11.2 Å². The van der Waals surface area contributed by atoms with E-state index in [1.807, 2.05) is 37.9 Å². The van der Waals surface area contributed by atoms with Gasteiger partial charge >= 0.3 is 0 Å². The van der Waals surface area contributed by atoms with E-state index in [9.17, 15) is 9.90 Å². The topological polar surface area (TPSA) is 66.3 Å².